The number of anilines is 1. The highest BCUT2D eigenvalue weighted by Gasteiger charge is 2.43. The van der Waals surface area contributed by atoms with Gasteiger partial charge in [-0.25, -0.2) is 13.8 Å². The van der Waals surface area contributed by atoms with Crippen molar-refractivity contribution >= 4 is 21.7 Å². The number of hydrogen-bond donors (Lipinski definition) is 3. The summed E-state index contributed by atoms with van der Waals surface area (Å²) in [6.45, 7) is 1.69. The number of esters is 1. The summed E-state index contributed by atoms with van der Waals surface area (Å²) in [5, 5.41) is -1.37. The Bertz CT molecular complexity index is 709. The van der Waals surface area contributed by atoms with E-state index in [1.54, 1.807) is 6.92 Å². The number of carbonyl (C=O) groups is 1. The van der Waals surface area contributed by atoms with Gasteiger partial charge in [0.25, 0.3) is 10.0 Å². The first-order chi connectivity index (χ1) is 11.1. The van der Waals surface area contributed by atoms with Crippen LogP contribution in [0.4, 0.5) is 18.9 Å². The van der Waals surface area contributed by atoms with E-state index in [9.17, 15) is 26.4 Å². The average Bonchev–Trinajstić information content (AvgIpc) is 2.97. The lowest BCUT2D eigenvalue weighted by molar-refractivity contribution is -0.147. The van der Waals surface area contributed by atoms with Crippen LogP contribution in [0.2, 0.25) is 0 Å². The number of nitrogens with one attached hydrogen (secondary N) is 3. The van der Waals surface area contributed by atoms with Gasteiger partial charge in [-0.3, -0.25) is 14.9 Å². The van der Waals surface area contributed by atoms with Crippen LogP contribution in [0.5, 0.6) is 0 Å². The van der Waals surface area contributed by atoms with E-state index in [1.165, 1.54) is 6.07 Å². The van der Waals surface area contributed by atoms with Gasteiger partial charge in [0.05, 0.1) is 12.2 Å². The molecular formula is C13H16F3N3O4S. The summed E-state index contributed by atoms with van der Waals surface area (Å²) < 4.78 is 69.7. The number of sulfonamides is 1. The van der Waals surface area contributed by atoms with E-state index >= 15 is 0 Å². The number of carbonyl (C=O) groups excluding carboxylic acids is 1. The zero-order chi connectivity index (χ0) is 18.0. The molecule has 24 heavy (non-hydrogen) atoms. The molecule has 1 aromatic rings. The molecule has 1 aliphatic heterocycles. The van der Waals surface area contributed by atoms with Crippen LogP contribution in [0.1, 0.15) is 12.5 Å². The Morgan fingerprint density at radius 3 is 2.75 bits per heavy atom. The average molecular weight is 367 g/mol. The maximum absolute atomic E-state index is 12.7. The van der Waals surface area contributed by atoms with E-state index in [1.807, 2.05) is 0 Å². The van der Waals surface area contributed by atoms with Crippen molar-refractivity contribution in [2.75, 3.05) is 17.9 Å². The molecule has 1 saturated heterocycles. The molecule has 2 atom stereocenters. The minimum Gasteiger partial charge on any atom is -0.466 e. The summed E-state index contributed by atoms with van der Waals surface area (Å²) in [6, 6.07) is 3.78. The van der Waals surface area contributed by atoms with Crippen LogP contribution >= 0.6 is 0 Å². The van der Waals surface area contributed by atoms with Gasteiger partial charge < -0.3 is 4.74 Å². The Morgan fingerprint density at radius 2 is 2.12 bits per heavy atom. The molecule has 7 nitrogen and oxygen atoms in total. The third-order valence-corrected chi connectivity index (χ3v) is 4.94. The monoisotopic (exact) mass is 367 g/mol. The maximum Gasteiger partial charge on any atom is 0.416 e. The molecular weight excluding hydrogens is 351 g/mol. The molecule has 0 amide bonds. The highest BCUT2D eigenvalue weighted by atomic mass is 32.2. The smallest absolute Gasteiger partial charge is 0.416 e. The fourth-order valence-electron chi connectivity index (χ4n) is 2.21. The van der Waals surface area contributed by atoms with Crippen molar-refractivity contribution in [3.8, 4) is 0 Å². The van der Waals surface area contributed by atoms with Gasteiger partial charge in [0, 0.05) is 12.2 Å². The predicted octanol–water partition coefficient (Wildman–Crippen LogP) is 1.06. The second-order valence-corrected chi connectivity index (χ2v) is 6.83. The summed E-state index contributed by atoms with van der Waals surface area (Å²) in [5.41, 5.74) is 3.73. The summed E-state index contributed by atoms with van der Waals surface area (Å²) in [6.07, 6.45) is -4.60. The predicted molar refractivity (Wildman–Crippen MR) is 79.0 cm³/mol. The summed E-state index contributed by atoms with van der Waals surface area (Å²) in [4.78, 5) is 11.8. The van der Waals surface area contributed by atoms with Gasteiger partial charge >= 0.3 is 12.1 Å². The standard InChI is InChI=1S/C13H16F3N3O4S/c1-2-23-12(20)10-7-17-18-11(10)24(21,22)19-9-5-3-4-8(6-9)13(14,15)16/h3-6,10-11,17-19H,2,7H2,1H3. The molecule has 1 heterocycles. The van der Waals surface area contributed by atoms with Gasteiger partial charge in [0.2, 0.25) is 0 Å². The lowest BCUT2D eigenvalue weighted by Crippen LogP contribution is -2.44. The van der Waals surface area contributed by atoms with Crippen LogP contribution in [-0.2, 0) is 25.7 Å². The zero-order valence-corrected chi connectivity index (χ0v) is 13.4. The maximum atomic E-state index is 12.7. The zero-order valence-electron chi connectivity index (χ0n) is 12.6. The fraction of sp³-hybridized carbons (Fsp3) is 0.462. The number of alkyl halides is 3. The molecule has 134 valence electrons. The molecule has 1 fully saturated rings. The molecule has 0 spiro atoms. The summed E-state index contributed by atoms with van der Waals surface area (Å²) >= 11 is 0. The van der Waals surface area contributed by atoms with E-state index in [0.29, 0.717) is 6.07 Å². The van der Waals surface area contributed by atoms with Crippen LogP contribution < -0.4 is 15.6 Å². The largest absolute Gasteiger partial charge is 0.466 e. The first kappa shape index (κ1) is 18.5. The Balaban J connectivity index is 2.20. The van der Waals surface area contributed by atoms with E-state index in [2.05, 4.69) is 15.6 Å². The second kappa shape index (κ2) is 6.95. The molecule has 11 heteroatoms. The topological polar surface area (TPSA) is 96.5 Å². The van der Waals surface area contributed by atoms with E-state index in [0.717, 1.165) is 12.1 Å². The fourth-order valence-corrected chi connectivity index (χ4v) is 3.67. The first-order valence-electron chi connectivity index (χ1n) is 6.99. The first-order valence-corrected chi connectivity index (χ1v) is 8.53. The van der Waals surface area contributed by atoms with Gasteiger partial charge in [0.15, 0.2) is 5.37 Å². The van der Waals surface area contributed by atoms with Gasteiger partial charge in [-0.2, -0.15) is 13.2 Å². The third kappa shape index (κ3) is 4.16. The summed E-state index contributed by atoms with van der Waals surface area (Å²) in [7, 11) is -4.18. The lowest BCUT2D eigenvalue weighted by atomic mass is 10.2. The van der Waals surface area contributed by atoms with Crippen LogP contribution in [0, 0.1) is 5.92 Å². The molecule has 0 radical (unpaired) electrons. The van der Waals surface area contributed by atoms with Crippen molar-refractivity contribution in [1.29, 1.82) is 0 Å². The summed E-state index contributed by atoms with van der Waals surface area (Å²) in [5.74, 6) is -1.73. The van der Waals surface area contributed by atoms with E-state index in [4.69, 9.17) is 4.74 Å². The second-order valence-electron chi connectivity index (χ2n) is 5.03. The SMILES string of the molecule is CCOC(=O)C1CNNC1S(=O)(=O)Nc1cccc(C(F)(F)F)c1. The minimum atomic E-state index is -4.60. The molecule has 0 bridgehead atoms. The Labute approximate surface area is 136 Å². The van der Waals surface area contributed by atoms with Crippen LogP contribution in [0.3, 0.4) is 0 Å². The Morgan fingerprint density at radius 1 is 1.42 bits per heavy atom. The quantitative estimate of drug-likeness (QED) is 0.674. The van der Waals surface area contributed by atoms with Crippen molar-refractivity contribution in [2.45, 2.75) is 18.5 Å². The van der Waals surface area contributed by atoms with Gasteiger partial charge in [-0.1, -0.05) is 6.07 Å². The van der Waals surface area contributed by atoms with Crippen molar-refractivity contribution in [3.05, 3.63) is 29.8 Å². The van der Waals surface area contributed by atoms with Crippen molar-refractivity contribution in [2.24, 2.45) is 5.92 Å². The number of hydrazine groups is 1. The molecule has 0 aliphatic carbocycles. The molecule has 2 unspecified atom stereocenters. The number of halogens is 3. The third-order valence-electron chi connectivity index (χ3n) is 3.31. The molecule has 3 N–H and O–H groups in total. The van der Waals surface area contributed by atoms with Crippen LogP contribution in [0.15, 0.2) is 24.3 Å². The van der Waals surface area contributed by atoms with Crippen molar-refractivity contribution in [1.82, 2.24) is 10.9 Å². The minimum absolute atomic E-state index is 0.0208. The lowest BCUT2D eigenvalue weighted by Gasteiger charge is -2.19. The molecule has 2 rings (SSSR count). The number of hydrogen-bond acceptors (Lipinski definition) is 6. The highest BCUT2D eigenvalue weighted by Crippen LogP contribution is 2.31. The van der Waals surface area contributed by atoms with Crippen LogP contribution in [-0.4, -0.2) is 32.9 Å². The number of ether oxygens (including phenoxy) is 1. The molecule has 0 saturated carbocycles. The van der Waals surface area contributed by atoms with Gasteiger partial charge in [-0.05, 0) is 25.1 Å². The highest BCUT2D eigenvalue weighted by molar-refractivity contribution is 7.93. The van der Waals surface area contributed by atoms with Crippen molar-refractivity contribution in [3.63, 3.8) is 0 Å². The Hall–Kier alpha value is -1.85. The van der Waals surface area contributed by atoms with Crippen LogP contribution in [0.25, 0.3) is 0 Å². The van der Waals surface area contributed by atoms with Gasteiger partial charge in [-0.15, -0.1) is 0 Å². The molecule has 1 aromatic carbocycles. The van der Waals surface area contributed by atoms with Crippen molar-refractivity contribution < 1.29 is 31.1 Å². The number of benzene rings is 1. The molecule has 1 aliphatic rings. The molecule has 0 aromatic heterocycles. The van der Waals surface area contributed by atoms with Gasteiger partial charge in [0.1, 0.15) is 5.92 Å². The van der Waals surface area contributed by atoms with E-state index in [-0.39, 0.29) is 18.8 Å². The number of rotatable bonds is 5. The normalized spacial score (nSPS) is 21.5. The Kier molecular flexibility index (Phi) is 5.35. The van der Waals surface area contributed by atoms with E-state index < -0.39 is 39.0 Å².